The Morgan fingerprint density at radius 2 is 1.84 bits per heavy atom. The lowest BCUT2D eigenvalue weighted by molar-refractivity contribution is -0.596. The zero-order valence-corrected chi connectivity index (χ0v) is 25.8. The fraction of sp³-hybridized carbons (Fsp3) is 0.345. The number of aliphatic carboxylic acids is 1. The maximum Gasteiger partial charge on any atom is 0.472 e. The minimum Gasteiger partial charge on any atom is -0.542 e. The van der Waals surface area contributed by atoms with Crippen molar-refractivity contribution in [2.75, 3.05) is 7.11 Å². The number of carbonyl (C=O) groups is 2. The summed E-state index contributed by atoms with van der Waals surface area (Å²) in [5, 5.41) is 9.47. The Kier molecular flexibility index (Phi) is 10.5. The molecule has 242 valence electrons. The van der Waals surface area contributed by atoms with Gasteiger partial charge in [0.2, 0.25) is 6.73 Å². The zero-order chi connectivity index (χ0) is 33.1. The number of hydrogen-bond donors (Lipinski definition) is 2. The number of hydrogen-bond acceptors (Lipinski definition) is 6. The van der Waals surface area contributed by atoms with Crippen LogP contribution in [0.25, 0.3) is 11.8 Å². The van der Waals surface area contributed by atoms with Crippen molar-refractivity contribution in [3.8, 4) is 11.4 Å². The highest BCUT2D eigenvalue weighted by Gasteiger charge is 2.41. The van der Waals surface area contributed by atoms with Gasteiger partial charge in [-0.2, -0.15) is 17.7 Å². The number of fused-ring (bicyclic) bond motifs is 1. The molecule has 0 spiro atoms. The molecular formula is C29H30ClF3N3O8P. The minimum absolute atomic E-state index is 0.0589. The van der Waals surface area contributed by atoms with Gasteiger partial charge in [-0.05, 0) is 67.2 Å². The van der Waals surface area contributed by atoms with Crippen LogP contribution in [-0.2, 0) is 25.4 Å². The summed E-state index contributed by atoms with van der Waals surface area (Å²) >= 11 is 6.08. The molecule has 1 aromatic heterocycles. The third kappa shape index (κ3) is 8.53. The van der Waals surface area contributed by atoms with Gasteiger partial charge in [0.15, 0.2) is 11.4 Å². The van der Waals surface area contributed by atoms with Gasteiger partial charge in [0.25, 0.3) is 12.2 Å². The van der Waals surface area contributed by atoms with Crippen LogP contribution in [0.4, 0.5) is 13.2 Å². The van der Waals surface area contributed by atoms with E-state index >= 15 is 0 Å². The van der Waals surface area contributed by atoms with Crippen molar-refractivity contribution in [1.82, 2.24) is 9.47 Å². The van der Waals surface area contributed by atoms with E-state index in [-0.39, 0.29) is 24.7 Å². The Labute approximate surface area is 261 Å². The summed E-state index contributed by atoms with van der Waals surface area (Å²) in [5.41, 5.74) is 4.24. The molecule has 11 nitrogen and oxygen atoms in total. The van der Waals surface area contributed by atoms with Gasteiger partial charge in [-0.1, -0.05) is 29.8 Å². The topological polar surface area (TPSA) is 145 Å². The summed E-state index contributed by atoms with van der Waals surface area (Å²) in [6, 6.07) is 13.8. The quantitative estimate of drug-likeness (QED) is 0.218. The third-order valence-electron chi connectivity index (χ3n) is 7.48. The van der Waals surface area contributed by atoms with Crippen molar-refractivity contribution >= 4 is 37.4 Å². The summed E-state index contributed by atoms with van der Waals surface area (Å²) in [4.78, 5) is 42.4. The number of alkyl halides is 3. The van der Waals surface area contributed by atoms with Crippen molar-refractivity contribution < 1.29 is 56.0 Å². The molecular weight excluding hydrogens is 642 g/mol. The molecule has 2 aliphatic heterocycles. The van der Waals surface area contributed by atoms with Gasteiger partial charge in [-0.15, -0.1) is 0 Å². The van der Waals surface area contributed by atoms with Crippen LogP contribution in [0.5, 0.6) is 5.75 Å². The lowest BCUT2D eigenvalue weighted by Gasteiger charge is -2.35. The van der Waals surface area contributed by atoms with E-state index in [0.29, 0.717) is 10.8 Å². The van der Waals surface area contributed by atoms with Crippen molar-refractivity contribution in [2.45, 2.75) is 57.6 Å². The lowest BCUT2D eigenvalue weighted by Crippen LogP contribution is -2.41. The van der Waals surface area contributed by atoms with Crippen LogP contribution in [0.1, 0.15) is 48.5 Å². The van der Waals surface area contributed by atoms with E-state index in [4.69, 9.17) is 36.0 Å². The zero-order valence-electron chi connectivity index (χ0n) is 24.1. The fourth-order valence-corrected chi connectivity index (χ4v) is 5.77. The van der Waals surface area contributed by atoms with Gasteiger partial charge in [-0.25, -0.2) is 13.7 Å². The first-order valence-electron chi connectivity index (χ1n) is 13.6. The standard InChI is InChI=1S/C27H29ClN3O6P.C2HF3O2/c1-18-15-29(16-30(18)17-37-38(33,34)35)25-11-3-19(14-26(25)36-2)13-21-6-9-23-10-12-24(31(23)27(21)32)20-4-7-22(28)8-5-20;3-2(4,5)1(6)7/h3-5,7-8,11,13-16,23-24H,6,9-10,12,17H2,1-2H3,(H-,33,34,35);(H,6,7)/t23-,24-;/m0./s1. The number of piperidine rings is 1. The van der Waals surface area contributed by atoms with Crippen LogP contribution in [-0.4, -0.2) is 50.5 Å². The van der Waals surface area contributed by atoms with Crippen molar-refractivity contribution in [3.05, 3.63) is 82.4 Å². The number of benzene rings is 2. The Balaban J connectivity index is 0.000000591. The van der Waals surface area contributed by atoms with Crippen molar-refractivity contribution in [3.63, 3.8) is 0 Å². The van der Waals surface area contributed by atoms with E-state index in [1.807, 2.05) is 66.6 Å². The summed E-state index contributed by atoms with van der Waals surface area (Å²) in [6.07, 6.45) is 3.86. The summed E-state index contributed by atoms with van der Waals surface area (Å²) in [7, 11) is -3.01. The predicted molar refractivity (Wildman–Crippen MR) is 153 cm³/mol. The van der Waals surface area contributed by atoms with E-state index < -0.39 is 20.0 Å². The first kappa shape index (κ1) is 34.2. The second-order valence-corrected chi connectivity index (χ2v) is 12.1. The van der Waals surface area contributed by atoms with E-state index in [1.54, 1.807) is 22.6 Å². The first-order valence-corrected chi connectivity index (χ1v) is 15.5. The number of methoxy groups -OCH3 is 1. The molecule has 0 bridgehead atoms. The molecule has 3 aromatic rings. The molecule has 2 aliphatic rings. The number of aromatic nitrogens is 2. The maximum absolute atomic E-state index is 13.6. The first-order chi connectivity index (χ1) is 21.1. The smallest absolute Gasteiger partial charge is 0.472 e. The van der Waals surface area contributed by atoms with Gasteiger partial charge in [0.1, 0.15) is 17.9 Å². The van der Waals surface area contributed by atoms with Crippen LogP contribution in [0.15, 0.2) is 60.6 Å². The molecule has 2 fully saturated rings. The molecule has 16 heteroatoms. The summed E-state index contributed by atoms with van der Waals surface area (Å²) in [6.45, 7) is 1.52. The van der Waals surface area contributed by atoms with Crippen LogP contribution in [0, 0.1) is 6.92 Å². The number of carboxylic acids is 1. The number of phosphoric ester groups is 1. The second-order valence-electron chi connectivity index (χ2n) is 10.4. The average Bonchev–Trinajstić information content (AvgIpc) is 3.57. The van der Waals surface area contributed by atoms with E-state index in [2.05, 4.69) is 4.52 Å². The van der Waals surface area contributed by atoms with Crippen molar-refractivity contribution in [2.24, 2.45) is 0 Å². The Morgan fingerprint density at radius 1 is 1.18 bits per heavy atom. The maximum atomic E-state index is 13.6. The molecule has 0 radical (unpaired) electrons. The van der Waals surface area contributed by atoms with Gasteiger partial charge in [0.05, 0.1) is 13.2 Å². The second kappa shape index (κ2) is 13.8. The number of aryl methyl sites for hydroxylation is 1. The van der Waals surface area contributed by atoms with Gasteiger partial charge in [-0.3, -0.25) is 4.79 Å². The number of amides is 1. The minimum atomic E-state index is -5.19. The molecule has 5 rings (SSSR count). The molecule has 45 heavy (non-hydrogen) atoms. The number of rotatable bonds is 7. The lowest BCUT2D eigenvalue weighted by atomic mass is 9.95. The average molecular weight is 672 g/mol. The Bertz CT molecular complexity index is 1640. The number of carbonyl (C=O) groups excluding carboxylic acids is 2. The molecule has 3 heterocycles. The number of phosphoric acid groups is 1. The Morgan fingerprint density at radius 3 is 2.44 bits per heavy atom. The summed E-state index contributed by atoms with van der Waals surface area (Å²) in [5.74, 6) is -2.33. The molecule has 2 saturated heterocycles. The number of carboxylic acid groups (broad SMARTS) is 1. The SMILES string of the molecule is COc1cc(C=C2CC[C@H]3CC[C@@H](c4ccc(Cl)cc4)N3C2=O)ccc1-[n+]1cc(C)n(COP(=O)(O)O)c1.O=C([O-])C(F)(F)F. The number of nitrogens with zero attached hydrogens (tertiary/aromatic N) is 3. The number of imidazole rings is 1. The predicted octanol–water partition coefficient (Wildman–Crippen LogP) is 4.01. The normalized spacial score (nSPS) is 19.2. The molecule has 1 amide bonds. The summed E-state index contributed by atoms with van der Waals surface area (Å²) < 4.78 is 56.3. The molecule has 0 saturated carbocycles. The van der Waals surface area contributed by atoms with E-state index in [1.165, 1.54) is 0 Å². The highest BCUT2D eigenvalue weighted by atomic mass is 35.5. The highest BCUT2D eigenvalue weighted by Crippen LogP contribution is 2.43. The van der Waals surface area contributed by atoms with E-state index in [0.717, 1.165) is 53.8 Å². The number of halogens is 4. The molecule has 2 aromatic carbocycles. The third-order valence-corrected chi connectivity index (χ3v) is 8.18. The highest BCUT2D eigenvalue weighted by molar-refractivity contribution is 7.46. The largest absolute Gasteiger partial charge is 0.542 e. The van der Waals surface area contributed by atoms with Gasteiger partial charge in [0, 0.05) is 23.6 Å². The fourth-order valence-electron chi connectivity index (χ4n) is 5.37. The Hall–Kier alpha value is -3.68. The van der Waals surface area contributed by atoms with E-state index in [9.17, 15) is 22.5 Å². The van der Waals surface area contributed by atoms with Crippen molar-refractivity contribution in [1.29, 1.82) is 0 Å². The van der Waals surface area contributed by atoms with Gasteiger partial charge < -0.3 is 29.3 Å². The molecule has 0 aliphatic carbocycles. The van der Waals surface area contributed by atoms with Gasteiger partial charge >= 0.3 is 14.0 Å². The van der Waals surface area contributed by atoms with Crippen LogP contribution >= 0.6 is 19.4 Å². The molecule has 2 atom stereocenters. The van der Waals surface area contributed by atoms with Crippen LogP contribution < -0.4 is 14.4 Å². The number of ether oxygens (including phenoxy) is 1. The molecule has 0 unspecified atom stereocenters. The molecule has 2 N–H and O–H groups in total. The van der Waals surface area contributed by atoms with Crippen LogP contribution in [0.2, 0.25) is 5.02 Å². The monoisotopic (exact) mass is 671 g/mol. The van der Waals surface area contributed by atoms with Crippen LogP contribution in [0.3, 0.4) is 0 Å².